The minimum atomic E-state index is -0.743. The topological polar surface area (TPSA) is 90.4 Å². The molecule has 1 amide bonds. The number of nitrogens with zero attached hydrogens (tertiary/aromatic N) is 1. The molecule has 3 N–H and O–H groups in total. The molecule has 0 aliphatic heterocycles. The highest BCUT2D eigenvalue weighted by Gasteiger charge is 2.24. The van der Waals surface area contributed by atoms with E-state index < -0.39 is 11.9 Å². The third-order valence-electron chi connectivity index (χ3n) is 5.00. The second-order valence-corrected chi connectivity index (χ2v) is 10.5. The number of nitrogens with two attached hydrogens (primary N) is 1. The van der Waals surface area contributed by atoms with Gasteiger partial charge in [0, 0.05) is 27.9 Å². The smallest absolute Gasteiger partial charge is 0.261 e. The van der Waals surface area contributed by atoms with Gasteiger partial charge in [0.2, 0.25) is 5.75 Å². The van der Waals surface area contributed by atoms with E-state index in [0.717, 1.165) is 11.1 Å². The predicted octanol–water partition coefficient (Wildman–Crippen LogP) is 7.25. The Kier molecular flexibility index (Phi) is 6.50. The molecule has 0 fully saturated rings. The molecule has 4 rings (SSSR count). The van der Waals surface area contributed by atoms with Gasteiger partial charge in [-0.05, 0) is 56.8 Å². The maximum Gasteiger partial charge on any atom is 0.261 e. The molecule has 1 aromatic carbocycles. The number of furan rings is 1. The first kappa shape index (κ1) is 24.3. The number of benzene rings is 1. The van der Waals surface area contributed by atoms with Gasteiger partial charge in [-0.25, -0.2) is 9.37 Å². The zero-order chi connectivity index (χ0) is 24.8. The summed E-state index contributed by atoms with van der Waals surface area (Å²) in [6.45, 7) is 7.44. The number of nitrogens with one attached hydrogen (secondary N) is 1. The lowest BCUT2D eigenvalue weighted by Crippen LogP contribution is -2.40. The summed E-state index contributed by atoms with van der Waals surface area (Å²) in [5, 5.41) is 5.60. The fraction of sp³-hybridized carbons (Fsp3) is 0.250. The highest BCUT2D eigenvalue weighted by molar-refractivity contribution is 7.12. The lowest BCUT2D eigenvalue weighted by molar-refractivity contribution is 0.0923. The molecular formula is C24H22Cl2FN3O3S. The number of pyridine rings is 1. The van der Waals surface area contributed by atoms with Gasteiger partial charge in [-0.1, -0.05) is 23.2 Å². The molecule has 0 aliphatic carbocycles. The molecule has 34 heavy (non-hydrogen) atoms. The summed E-state index contributed by atoms with van der Waals surface area (Å²) >= 11 is 13.7. The minimum Gasteiger partial charge on any atom is -0.478 e. The highest BCUT2D eigenvalue weighted by atomic mass is 35.5. The lowest BCUT2D eigenvalue weighted by Gasteiger charge is -2.19. The second kappa shape index (κ2) is 9.09. The van der Waals surface area contributed by atoms with Gasteiger partial charge in [-0.2, -0.15) is 0 Å². The Morgan fingerprint density at radius 3 is 2.76 bits per heavy atom. The molecule has 0 saturated heterocycles. The molecule has 0 spiro atoms. The van der Waals surface area contributed by atoms with Crippen molar-refractivity contribution in [2.24, 2.45) is 0 Å². The molecular weight excluding hydrogens is 500 g/mol. The minimum absolute atomic E-state index is 0.0967. The fourth-order valence-corrected chi connectivity index (χ4v) is 4.95. The standard InChI is InChI=1S/C24H22Cl2FN3O3S/c1-11(18-15(25)5-6-16(27)19(18)26)33-21-20-13(8-29-22(21)28)14(9-32-20)12-7-17(34-10-12)23(31)30-24(2,3)4/h5-11H,1-4H3,(H2,28,29)(H,30,31). The zero-order valence-electron chi connectivity index (χ0n) is 18.8. The number of hydrogen-bond acceptors (Lipinski definition) is 6. The Labute approximate surface area is 209 Å². The number of carbonyl (C=O) groups excluding carboxylic acids is 1. The van der Waals surface area contributed by atoms with Crippen molar-refractivity contribution >= 4 is 57.2 Å². The maximum absolute atomic E-state index is 14.0. The quantitative estimate of drug-likeness (QED) is 0.270. The Bertz CT molecular complexity index is 1390. The molecule has 0 bridgehead atoms. The molecule has 10 heteroatoms. The average molecular weight is 522 g/mol. The normalized spacial score (nSPS) is 12.7. The van der Waals surface area contributed by atoms with Crippen LogP contribution in [0.5, 0.6) is 5.75 Å². The van der Waals surface area contributed by atoms with E-state index in [-0.39, 0.29) is 33.1 Å². The SMILES string of the molecule is CC(Oc1c(N)ncc2c(-c3csc(C(=O)NC(C)(C)C)c3)coc12)c1c(Cl)ccc(F)c1Cl. The van der Waals surface area contributed by atoms with Crippen LogP contribution in [0, 0.1) is 5.82 Å². The van der Waals surface area contributed by atoms with Crippen LogP contribution in [0.15, 0.2) is 40.5 Å². The van der Waals surface area contributed by atoms with E-state index in [1.165, 1.54) is 23.5 Å². The largest absolute Gasteiger partial charge is 0.478 e. The van der Waals surface area contributed by atoms with Gasteiger partial charge < -0.3 is 20.2 Å². The van der Waals surface area contributed by atoms with Crippen LogP contribution in [0.2, 0.25) is 10.0 Å². The predicted molar refractivity (Wildman–Crippen MR) is 134 cm³/mol. The van der Waals surface area contributed by atoms with Gasteiger partial charge >= 0.3 is 0 Å². The van der Waals surface area contributed by atoms with Crippen LogP contribution in [0.1, 0.15) is 49.0 Å². The van der Waals surface area contributed by atoms with E-state index in [9.17, 15) is 9.18 Å². The average Bonchev–Trinajstić information content (AvgIpc) is 3.39. The summed E-state index contributed by atoms with van der Waals surface area (Å²) in [6.07, 6.45) is 2.39. The number of rotatable bonds is 5. The van der Waals surface area contributed by atoms with Crippen LogP contribution >= 0.6 is 34.5 Å². The monoisotopic (exact) mass is 521 g/mol. The third kappa shape index (κ3) is 4.71. The summed E-state index contributed by atoms with van der Waals surface area (Å²) in [6, 6.07) is 4.39. The number of hydrogen-bond donors (Lipinski definition) is 2. The first-order chi connectivity index (χ1) is 16.0. The summed E-state index contributed by atoms with van der Waals surface area (Å²) in [5.41, 5.74) is 7.92. The zero-order valence-corrected chi connectivity index (χ0v) is 21.2. The van der Waals surface area contributed by atoms with E-state index in [0.29, 0.717) is 21.4 Å². The molecule has 1 unspecified atom stereocenters. The number of amides is 1. The van der Waals surface area contributed by atoms with Crippen molar-refractivity contribution in [3.8, 4) is 16.9 Å². The summed E-state index contributed by atoms with van der Waals surface area (Å²) in [4.78, 5) is 17.3. The Hall–Kier alpha value is -2.81. The van der Waals surface area contributed by atoms with Crippen molar-refractivity contribution in [3.05, 3.63) is 62.3 Å². The molecule has 1 atom stereocenters. The number of carbonyl (C=O) groups is 1. The van der Waals surface area contributed by atoms with E-state index in [2.05, 4.69) is 10.3 Å². The Morgan fingerprint density at radius 1 is 1.32 bits per heavy atom. The number of aromatic nitrogens is 1. The number of ether oxygens (including phenoxy) is 1. The number of nitrogen functional groups attached to an aromatic ring is 1. The van der Waals surface area contributed by atoms with E-state index in [1.54, 1.807) is 25.5 Å². The van der Waals surface area contributed by atoms with Crippen molar-refractivity contribution in [1.29, 1.82) is 0 Å². The third-order valence-corrected chi connectivity index (χ3v) is 6.65. The number of thiophene rings is 1. The van der Waals surface area contributed by atoms with Gasteiger partial charge in [0.1, 0.15) is 11.9 Å². The summed E-state index contributed by atoms with van der Waals surface area (Å²) < 4.78 is 25.8. The number of halogens is 3. The molecule has 4 aromatic rings. The molecule has 0 radical (unpaired) electrons. The first-order valence-corrected chi connectivity index (χ1v) is 12.0. The highest BCUT2D eigenvalue weighted by Crippen LogP contribution is 2.42. The lowest BCUT2D eigenvalue weighted by atomic mass is 10.1. The summed E-state index contributed by atoms with van der Waals surface area (Å²) in [5.74, 6) is -0.474. The second-order valence-electron chi connectivity index (χ2n) is 8.79. The van der Waals surface area contributed by atoms with Crippen LogP contribution in [-0.2, 0) is 0 Å². The molecule has 3 aromatic heterocycles. The van der Waals surface area contributed by atoms with Gasteiger partial charge in [0.05, 0.1) is 21.5 Å². The van der Waals surface area contributed by atoms with Crippen LogP contribution in [0.4, 0.5) is 10.2 Å². The van der Waals surface area contributed by atoms with Crippen LogP contribution in [-0.4, -0.2) is 16.4 Å². The maximum atomic E-state index is 14.0. The Balaban J connectivity index is 1.69. The van der Waals surface area contributed by atoms with Crippen molar-refractivity contribution in [3.63, 3.8) is 0 Å². The number of fused-ring (bicyclic) bond motifs is 1. The van der Waals surface area contributed by atoms with Gasteiger partial charge in [0.15, 0.2) is 11.4 Å². The fourth-order valence-electron chi connectivity index (χ4n) is 3.47. The van der Waals surface area contributed by atoms with Crippen LogP contribution in [0.25, 0.3) is 22.1 Å². The first-order valence-electron chi connectivity index (χ1n) is 10.3. The van der Waals surface area contributed by atoms with Crippen molar-refractivity contribution in [2.45, 2.75) is 39.3 Å². The molecule has 0 aliphatic rings. The van der Waals surface area contributed by atoms with Gasteiger partial charge in [0.25, 0.3) is 5.91 Å². The van der Waals surface area contributed by atoms with E-state index in [1.807, 2.05) is 26.2 Å². The van der Waals surface area contributed by atoms with Crippen molar-refractivity contribution in [2.75, 3.05) is 5.73 Å². The Morgan fingerprint density at radius 2 is 2.06 bits per heavy atom. The van der Waals surface area contributed by atoms with Gasteiger partial charge in [-0.3, -0.25) is 4.79 Å². The molecule has 0 saturated carbocycles. The van der Waals surface area contributed by atoms with Crippen molar-refractivity contribution in [1.82, 2.24) is 10.3 Å². The van der Waals surface area contributed by atoms with E-state index >= 15 is 0 Å². The van der Waals surface area contributed by atoms with Crippen molar-refractivity contribution < 1.29 is 18.3 Å². The summed E-state index contributed by atoms with van der Waals surface area (Å²) in [7, 11) is 0. The molecule has 3 heterocycles. The van der Waals surface area contributed by atoms with Gasteiger partial charge in [-0.15, -0.1) is 11.3 Å². The number of anilines is 1. The molecule has 178 valence electrons. The van der Waals surface area contributed by atoms with Crippen LogP contribution < -0.4 is 15.8 Å². The molecule has 6 nitrogen and oxygen atoms in total. The van der Waals surface area contributed by atoms with E-state index in [4.69, 9.17) is 38.1 Å². The van der Waals surface area contributed by atoms with Crippen LogP contribution in [0.3, 0.4) is 0 Å².